The van der Waals surface area contributed by atoms with E-state index in [1.807, 2.05) is 18.2 Å². The molecule has 0 fully saturated rings. The van der Waals surface area contributed by atoms with Crippen LogP contribution in [0.3, 0.4) is 0 Å². The molecule has 23 heavy (non-hydrogen) atoms. The first kappa shape index (κ1) is 15.7. The molecular formula is C17H19FN2O3. The average molecular weight is 318 g/mol. The molecule has 1 aromatic carbocycles. The third-order valence-electron chi connectivity index (χ3n) is 3.81. The fourth-order valence-electron chi connectivity index (χ4n) is 2.61. The molecule has 0 saturated carbocycles. The molecular weight excluding hydrogens is 299 g/mol. The van der Waals surface area contributed by atoms with Crippen molar-refractivity contribution in [2.75, 3.05) is 19.8 Å². The summed E-state index contributed by atoms with van der Waals surface area (Å²) in [5.74, 6) is -0.376. The van der Waals surface area contributed by atoms with Crippen molar-refractivity contribution in [3.8, 4) is 0 Å². The van der Waals surface area contributed by atoms with Crippen LogP contribution in [0.4, 0.5) is 4.39 Å². The molecule has 1 aromatic rings. The number of halogens is 1. The first-order chi connectivity index (χ1) is 11.1. The quantitative estimate of drug-likeness (QED) is 0.891. The fraction of sp³-hybridized carbons (Fsp3) is 0.353. The molecule has 1 unspecified atom stereocenters. The lowest BCUT2D eigenvalue weighted by atomic mass is 9.98. The molecule has 2 N–H and O–H groups in total. The minimum Gasteiger partial charge on any atom is -0.377 e. The molecule has 0 radical (unpaired) electrons. The predicted octanol–water partition coefficient (Wildman–Crippen LogP) is 2.01. The number of hydroxylamine groups is 1. The lowest BCUT2D eigenvalue weighted by Crippen LogP contribution is -2.30. The Morgan fingerprint density at radius 3 is 3.04 bits per heavy atom. The van der Waals surface area contributed by atoms with E-state index in [2.05, 4.69) is 10.8 Å². The molecule has 5 nitrogen and oxygen atoms in total. The Balaban J connectivity index is 1.74. The summed E-state index contributed by atoms with van der Waals surface area (Å²) < 4.78 is 19.7. The maximum absolute atomic E-state index is 14.4. The van der Waals surface area contributed by atoms with E-state index in [0.717, 1.165) is 12.0 Å². The molecule has 0 bridgehead atoms. The third-order valence-corrected chi connectivity index (χ3v) is 3.81. The standard InChI is InChI=1S/C17H19FN2O3/c1-11(21)19-10-14-9-17(20-23-14)13-2-3-15(16(18)8-13)12-4-6-22-7-5-12/h2-4,8-9,14,20H,5-7,10H2,1H3,(H,19,21). The smallest absolute Gasteiger partial charge is 0.216 e. The van der Waals surface area contributed by atoms with E-state index < -0.39 is 0 Å². The molecule has 1 amide bonds. The Morgan fingerprint density at radius 1 is 1.48 bits per heavy atom. The zero-order valence-corrected chi connectivity index (χ0v) is 12.9. The number of rotatable bonds is 4. The van der Waals surface area contributed by atoms with Gasteiger partial charge in [-0.15, -0.1) is 0 Å². The average Bonchev–Trinajstić information content (AvgIpc) is 3.02. The predicted molar refractivity (Wildman–Crippen MR) is 84.5 cm³/mol. The summed E-state index contributed by atoms with van der Waals surface area (Å²) in [5, 5.41) is 2.68. The van der Waals surface area contributed by atoms with Crippen molar-refractivity contribution in [3.05, 3.63) is 47.3 Å². The number of amides is 1. The molecule has 2 aliphatic heterocycles. The van der Waals surface area contributed by atoms with Gasteiger partial charge in [-0.3, -0.25) is 15.1 Å². The van der Waals surface area contributed by atoms with Crippen molar-refractivity contribution in [1.82, 2.24) is 10.8 Å². The number of carbonyl (C=O) groups excluding carboxylic acids is 1. The first-order valence-electron chi connectivity index (χ1n) is 7.58. The SMILES string of the molecule is CC(=O)NCC1C=C(c2ccc(C3=CCOCC3)c(F)c2)NO1. The largest absolute Gasteiger partial charge is 0.377 e. The second-order valence-electron chi connectivity index (χ2n) is 5.52. The van der Waals surface area contributed by atoms with Gasteiger partial charge in [0.1, 0.15) is 11.9 Å². The highest BCUT2D eigenvalue weighted by atomic mass is 19.1. The molecule has 6 heteroatoms. The zero-order valence-electron chi connectivity index (χ0n) is 12.9. The van der Waals surface area contributed by atoms with E-state index in [1.54, 1.807) is 6.07 Å². The van der Waals surface area contributed by atoms with Crippen molar-refractivity contribution in [3.63, 3.8) is 0 Å². The molecule has 0 saturated heterocycles. The molecule has 3 rings (SSSR count). The van der Waals surface area contributed by atoms with Crippen LogP contribution in [-0.4, -0.2) is 31.8 Å². The number of ether oxygens (including phenoxy) is 1. The van der Waals surface area contributed by atoms with Crippen LogP contribution in [0.1, 0.15) is 24.5 Å². The van der Waals surface area contributed by atoms with Crippen molar-refractivity contribution in [2.45, 2.75) is 19.4 Å². The highest BCUT2D eigenvalue weighted by Crippen LogP contribution is 2.27. The third kappa shape index (κ3) is 3.78. The maximum atomic E-state index is 14.4. The summed E-state index contributed by atoms with van der Waals surface area (Å²) in [6, 6.07) is 5.14. The second kappa shape index (κ2) is 6.93. The Kier molecular flexibility index (Phi) is 4.73. The number of hydrogen-bond acceptors (Lipinski definition) is 4. The van der Waals surface area contributed by atoms with Crippen molar-refractivity contribution in [1.29, 1.82) is 0 Å². The van der Waals surface area contributed by atoms with Gasteiger partial charge in [0.15, 0.2) is 0 Å². The highest BCUT2D eigenvalue weighted by molar-refractivity contribution is 5.73. The van der Waals surface area contributed by atoms with E-state index in [9.17, 15) is 9.18 Å². The second-order valence-corrected chi connectivity index (χ2v) is 5.52. The number of carbonyl (C=O) groups is 1. The van der Waals surface area contributed by atoms with Gasteiger partial charge < -0.3 is 10.1 Å². The van der Waals surface area contributed by atoms with E-state index in [4.69, 9.17) is 9.57 Å². The summed E-state index contributed by atoms with van der Waals surface area (Å²) in [7, 11) is 0. The summed E-state index contributed by atoms with van der Waals surface area (Å²) >= 11 is 0. The van der Waals surface area contributed by atoms with Gasteiger partial charge in [0.25, 0.3) is 0 Å². The molecule has 0 spiro atoms. The maximum Gasteiger partial charge on any atom is 0.216 e. The summed E-state index contributed by atoms with van der Waals surface area (Å²) in [5.41, 5.74) is 5.79. The highest BCUT2D eigenvalue weighted by Gasteiger charge is 2.19. The Morgan fingerprint density at radius 2 is 2.35 bits per heavy atom. The van der Waals surface area contributed by atoms with Crippen LogP contribution in [0, 0.1) is 5.82 Å². The summed E-state index contributed by atoms with van der Waals surface area (Å²) in [4.78, 5) is 16.3. The molecule has 2 heterocycles. The van der Waals surface area contributed by atoms with E-state index in [0.29, 0.717) is 36.6 Å². The monoisotopic (exact) mass is 318 g/mol. The molecule has 2 aliphatic rings. The molecule has 0 aromatic heterocycles. The summed E-state index contributed by atoms with van der Waals surface area (Å²) in [6.07, 6.45) is 4.20. The fourth-order valence-corrected chi connectivity index (χ4v) is 2.61. The van der Waals surface area contributed by atoms with Crippen molar-refractivity contribution >= 4 is 17.2 Å². The van der Waals surface area contributed by atoms with Gasteiger partial charge in [-0.25, -0.2) is 4.39 Å². The summed E-state index contributed by atoms with van der Waals surface area (Å²) in [6.45, 7) is 2.98. The van der Waals surface area contributed by atoms with Crippen LogP contribution in [0.2, 0.25) is 0 Å². The lowest BCUT2D eigenvalue weighted by molar-refractivity contribution is -0.119. The van der Waals surface area contributed by atoms with Gasteiger partial charge in [-0.05, 0) is 24.1 Å². The Hall–Kier alpha value is -2.18. The number of benzene rings is 1. The van der Waals surface area contributed by atoms with Gasteiger partial charge in [0.2, 0.25) is 5.91 Å². The van der Waals surface area contributed by atoms with Crippen LogP contribution in [-0.2, 0) is 14.4 Å². The number of nitrogens with one attached hydrogen (secondary N) is 2. The lowest BCUT2D eigenvalue weighted by Gasteiger charge is -2.15. The molecule has 122 valence electrons. The van der Waals surface area contributed by atoms with Crippen LogP contribution in [0.25, 0.3) is 11.3 Å². The van der Waals surface area contributed by atoms with Gasteiger partial charge in [0.05, 0.1) is 25.5 Å². The topological polar surface area (TPSA) is 59.6 Å². The van der Waals surface area contributed by atoms with Crippen LogP contribution >= 0.6 is 0 Å². The van der Waals surface area contributed by atoms with Crippen LogP contribution in [0.15, 0.2) is 30.4 Å². The first-order valence-corrected chi connectivity index (χ1v) is 7.58. The normalized spacial score (nSPS) is 20.5. The zero-order chi connectivity index (χ0) is 16.2. The van der Waals surface area contributed by atoms with Crippen LogP contribution < -0.4 is 10.8 Å². The van der Waals surface area contributed by atoms with Gasteiger partial charge >= 0.3 is 0 Å². The Bertz CT molecular complexity index is 670. The van der Waals surface area contributed by atoms with E-state index >= 15 is 0 Å². The number of hydrogen-bond donors (Lipinski definition) is 2. The van der Waals surface area contributed by atoms with Crippen molar-refractivity contribution < 1.29 is 18.8 Å². The van der Waals surface area contributed by atoms with E-state index in [1.165, 1.54) is 13.0 Å². The molecule has 0 aliphatic carbocycles. The molecule has 1 atom stereocenters. The minimum atomic E-state index is -0.269. The van der Waals surface area contributed by atoms with Gasteiger partial charge in [-0.1, -0.05) is 18.2 Å². The van der Waals surface area contributed by atoms with Crippen LogP contribution in [0.5, 0.6) is 0 Å². The van der Waals surface area contributed by atoms with Gasteiger partial charge in [0, 0.05) is 18.1 Å². The van der Waals surface area contributed by atoms with Crippen molar-refractivity contribution in [2.24, 2.45) is 0 Å². The minimum absolute atomic E-state index is 0.115. The Labute approximate surface area is 134 Å². The van der Waals surface area contributed by atoms with E-state index in [-0.39, 0.29) is 17.8 Å². The van der Waals surface area contributed by atoms with Gasteiger partial charge in [-0.2, -0.15) is 0 Å².